The van der Waals surface area contributed by atoms with E-state index in [0.29, 0.717) is 6.42 Å². The minimum absolute atomic E-state index is 0.236. The van der Waals surface area contributed by atoms with Gasteiger partial charge in [-0.15, -0.1) is 5.73 Å². The Morgan fingerprint density at radius 1 is 1.07 bits per heavy atom. The zero-order valence-corrected chi connectivity index (χ0v) is 10.3. The lowest BCUT2D eigenvalue weighted by molar-refractivity contribution is 0.198. The van der Waals surface area contributed by atoms with E-state index in [9.17, 15) is 0 Å². The molecule has 0 fully saturated rings. The molecule has 0 aromatic heterocycles. The average molecular weight is 210 g/mol. The molecule has 1 atom stereocenters. The average Bonchev–Trinajstić information content (AvgIpc) is 2.20. The summed E-state index contributed by atoms with van der Waals surface area (Å²) in [6.07, 6.45) is 13.7. The molecule has 0 rings (SSSR count). The third kappa shape index (κ3) is 13.5. The summed E-state index contributed by atoms with van der Waals surface area (Å²) in [5, 5.41) is 8.99. The summed E-state index contributed by atoms with van der Waals surface area (Å²) in [6, 6.07) is 0. The van der Waals surface area contributed by atoms with Crippen molar-refractivity contribution in [1.29, 1.82) is 0 Å². The van der Waals surface area contributed by atoms with Gasteiger partial charge in [-0.3, -0.25) is 0 Å². The van der Waals surface area contributed by atoms with Crippen molar-refractivity contribution in [2.75, 3.05) is 0 Å². The molecule has 15 heavy (non-hydrogen) atoms. The highest BCUT2D eigenvalue weighted by atomic mass is 16.3. The fraction of sp³-hybridized carbons (Fsp3) is 0.786. The van der Waals surface area contributed by atoms with Crippen molar-refractivity contribution in [3.63, 3.8) is 0 Å². The first kappa shape index (κ1) is 14.5. The fourth-order valence-electron chi connectivity index (χ4n) is 1.43. The van der Waals surface area contributed by atoms with E-state index in [0.717, 1.165) is 6.42 Å². The third-order valence-electron chi connectivity index (χ3n) is 2.40. The largest absolute Gasteiger partial charge is 0.393 e. The van der Waals surface area contributed by atoms with Gasteiger partial charge in [-0.2, -0.15) is 0 Å². The number of hydrogen-bond donors (Lipinski definition) is 1. The number of rotatable bonds is 9. The quantitative estimate of drug-likeness (QED) is 0.446. The van der Waals surface area contributed by atoms with Crippen molar-refractivity contribution in [2.45, 2.75) is 71.3 Å². The first-order chi connectivity index (χ1) is 7.27. The smallest absolute Gasteiger partial charge is 0.0552 e. The van der Waals surface area contributed by atoms with Crippen molar-refractivity contribution < 1.29 is 5.11 Å². The Bertz CT molecular complexity index is 176. The summed E-state index contributed by atoms with van der Waals surface area (Å²) < 4.78 is 0. The van der Waals surface area contributed by atoms with E-state index in [1.807, 2.05) is 6.08 Å². The lowest BCUT2D eigenvalue weighted by Crippen LogP contribution is -1.94. The Balaban J connectivity index is 3.19. The SMILES string of the molecule is CCCCCCCCC=C=CCC(C)O. The molecule has 0 aromatic carbocycles. The summed E-state index contributed by atoms with van der Waals surface area (Å²) in [5.74, 6) is 0. The lowest BCUT2D eigenvalue weighted by Gasteiger charge is -1.96. The van der Waals surface area contributed by atoms with E-state index in [-0.39, 0.29) is 6.10 Å². The van der Waals surface area contributed by atoms with Crippen molar-refractivity contribution >= 4 is 0 Å². The summed E-state index contributed by atoms with van der Waals surface area (Å²) in [6.45, 7) is 4.04. The molecule has 0 aliphatic carbocycles. The van der Waals surface area contributed by atoms with E-state index in [1.165, 1.54) is 38.5 Å². The third-order valence-corrected chi connectivity index (χ3v) is 2.40. The predicted octanol–water partition coefficient (Wildman–Crippen LogP) is 4.22. The molecule has 1 N–H and O–H groups in total. The molecule has 0 aliphatic heterocycles. The Labute approximate surface area is 94.9 Å². The molecule has 1 nitrogen and oxygen atoms in total. The normalized spacial score (nSPS) is 11.9. The maximum absolute atomic E-state index is 8.99. The molecule has 0 bridgehead atoms. The van der Waals surface area contributed by atoms with Crippen molar-refractivity contribution in [1.82, 2.24) is 0 Å². The molecule has 1 heteroatoms. The molecular formula is C14H26O. The van der Waals surface area contributed by atoms with Gasteiger partial charge in [-0.25, -0.2) is 0 Å². The van der Waals surface area contributed by atoms with Crippen LogP contribution in [0.3, 0.4) is 0 Å². The zero-order valence-electron chi connectivity index (χ0n) is 10.3. The van der Waals surface area contributed by atoms with Crippen molar-refractivity contribution in [3.05, 3.63) is 17.9 Å². The van der Waals surface area contributed by atoms with Gasteiger partial charge in [0.05, 0.1) is 6.10 Å². The second kappa shape index (κ2) is 11.6. The van der Waals surface area contributed by atoms with Crippen LogP contribution in [0.15, 0.2) is 17.9 Å². The number of aliphatic hydroxyl groups is 1. The highest BCUT2D eigenvalue weighted by Crippen LogP contribution is 2.06. The second-order valence-electron chi connectivity index (χ2n) is 4.22. The Morgan fingerprint density at radius 2 is 1.73 bits per heavy atom. The first-order valence-corrected chi connectivity index (χ1v) is 6.34. The molecule has 0 amide bonds. The van der Waals surface area contributed by atoms with Gasteiger partial charge in [0.15, 0.2) is 0 Å². The molecular weight excluding hydrogens is 184 g/mol. The number of hydrogen-bond acceptors (Lipinski definition) is 1. The van der Waals surface area contributed by atoms with Gasteiger partial charge in [-0.1, -0.05) is 39.0 Å². The van der Waals surface area contributed by atoms with Crippen LogP contribution in [-0.2, 0) is 0 Å². The van der Waals surface area contributed by atoms with Crippen LogP contribution >= 0.6 is 0 Å². The van der Waals surface area contributed by atoms with Crippen molar-refractivity contribution in [2.24, 2.45) is 0 Å². The molecule has 0 spiro atoms. The molecule has 0 saturated carbocycles. The van der Waals surface area contributed by atoms with Crippen LogP contribution in [0.25, 0.3) is 0 Å². The maximum Gasteiger partial charge on any atom is 0.0552 e. The van der Waals surface area contributed by atoms with Gasteiger partial charge in [0, 0.05) is 0 Å². The van der Waals surface area contributed by atoms with Gasteiger partial charge in [-0.05, 0) is 38.3 Å². The topological polar surface area (TPSA) is 20.2 Å². The van der Waals surface area contributed by atoms with E-state index in [1.54, 1.807) is 6.92 Å². The molecule has 0 saturated heterocycles. The van der Waals surface area contributed by atoms with Crippen LogP contribution < -0.4 is 0 Å². The lowest BCUT2D eigenvalue weighted by atomic mass is 10.1. The predicted molar refractivity (Wildman–Crippen MR) is 66.9 cm³/mol. The second-order valence-corrected chi connectivity index (χ2v) is 4.22. The summed E-state index contributed by atoms with van der Waals surface area (Å²) in [7, 11) is 0. The minimum Gasteiger partial charge on any atom is -0.393 e. The summed E-state index contributed by atoms with van der Waals surface area (Å²) in [4.78, 5) is 0. The fourth-order valence-corrected chi connectivity index (χ4v) is 1.43. The molecule has 88 valence electrons. The minimum atomic E-state index is -0.236. The molecule has 0 heterocycles. The van der Waals surface area contributed by atoms with E-state index >= 15 is 0 Å². The number of aliphatic hydroxyl groups excluding tert-OH is 1. The highest BCUT2D eigenvalue weighted by Gasteiger charge is 1.88. The maximum atomic E-state index is 8.99. The van der Waals surface area contributed by atoms with Gasteiger partial charge in [0.25, 0.3) is 0 Å². The van der Waals surface area contributed by atoms with E-state index in [2.05, 4.69) is 18.7 Å². The zero-order chi connectivity index (χ0) is 11.4. The molecule has 0 radical (unpaired) electrons. The van der Waals surface area contributed by atoms with E-state index < -0.39 is 0 Å². The Morgan fingerprint density at radius 3 is 2.40 bits per heavy atom. The van der Waals surface area contributed by atoms with Gasteiger partial charge < -0.3 is 5.11 Å². The first-order valence-electron chi connectivity index (χ1n) is 6.34. The highest BCUT2D eigenvalue weighted by molar-refractivity contribution is 4.85. The van der Waals surface area contributed by atoms with E-state index in [4.69, 9.17) is 5.11 Å². The Kier molecular flexibility index (Phi) is 11.2. The van der Waals surface area contributed by atoms with Gasteiger partial charge in [0.2, 0.25) is 0 Å². The van der Waals surface area contributed by atoms with Gasteiger partial charge in [0.1, 0.15) is 0 Å². The van der Waals surface area contributed by atoms with Crippen LogP contribution in [-0.4, -0.2) is 11.2 Å². The summed E-state index contributed by atoms with van der Waals surface area (Å²) in [5.41, 5.74) is 3.11. The van der Waals surface area contributed by atoms with Crippen LogP contribution in [0.4, 0.5) is 0 Å². The molecule has 0 aliphatic rings. The van der Waals surface area contributed by atoms with Crippen LogP contribution in [0, 0.1) is 0 Å². The standard InChI is InChI=1S/C14H26O/c1-3-4-5-6-7-8-9-10-11-12-13-14(2)15/h10,12,14-15H,3-9,13H2,1-2H3. The summed E-state index contributed by atoms with van der Waals surface area (Å²) >= 11 is 0. The Hall–Kier alpha value is -0.520. The van der Waals surface area contributed by atoms with Crippen LogP contribution in [0.5, 0.6) is 0 Å². The van der Waals surface area contributed by atoms with Crippen LogP contribution in [0.1, 0.15) is 65.2 Å². The van der Waals surface area contributed by atoms with Crippen LogP contribution in [0.2, 0.25) is 0 Å². The monoisotopic (exact) mass is 210 g/mol. The van der Waals surface area contributed by atoms with Crippen molar-refractivity contribution in [3.8, 4) is 0 Å². The number of unbranched alkanes of at least 4 members (excludes halogenated alkanes) is 6. The molecule has 1 unspecified atom stereocenters. The molecule has 0 aromatic rings. The van der Waals surface area contributed by atoms with Gasteiger partial charge >= 0.3 is 0 Å².